The number of aliphatic imine (C=N–C) groups is 1. The molecule has 7 heteroatoms. The zero-order valence-corrected chi connectivity index (χ0v) is 20.0. The lowest BCUT2D eigenvalue weighted by Crippen LogP contribution is -2.50. The van der Waals surface area contributed by atoms with Gasteiger partial charge in [-0.2, -0.15) is 0 Å². The van der Waals surface area contributed by atoms with Crippen LogP contribution in [-0.2, 0) is 9.59 Å². The van der Waals surface area contributed by atoms with Gasteiger partial charge in [0.25, 0.3) is 0 Å². The van der Waals surface area contributed by atoms with Crippen molar-refractivity contribution in [1.29, 1.82) is 0 Å². The van der Waals surface area contributed by atoms with E-state index < -0.39 is 0 Å². The van der Waals surface area contributed by atoms with Gasteiger partial charge in [0, 0.05) is 59.2 Å². The number of piperazine rings is 1. The van der Waals surface area contributed by atoms with Crippen LogP contribution in [0, 0.1) is 11.8 Å². The Morgan fingerprint density at radius 1 is 0.800 bits per heavy atom. The summed E-state index contributed by atoms with van der Waals surface area (Å²) in [6.07, 6.45) is 6.53. The quantitative estimate of drug-likeness (QED) is 0.287. The summed E-state index contributed by atoms with van der Waals surface area (Å²) in [5.74, 6) is 2.42. The van der Waals surface area contributed by atoms with Crippen molar-refractivity contribution in [3.8, 4) is 0 Å². The molecule has 0 aliphatic carbocycles. The molecule has 0 aromatic rings. The molecule has 1 aliphatic heterocycles. The number of hydrogen-bond acceptors (Lipinski definition) is 3. The Morgan fingerprint density at radius 2 is 1.37 bits per heavy atom. The number of amides is 2. The van der Waals surface area contributed by atoms with Crippen LogP contribution in [0.15, 0.2) is 4.99 Å². The predicted molar refractivity (Wildman–Crippen MR) is 125 cm³/mol. The highest BCUT2D eigenvalue weighted by Crippen LogP contribution is 2.10. The molecule has 0 saturated carbocycles. The second-order valence-electron chi connectivity index (χ2n) is 9.13. The molecule has 0 bridgehead atoms. The minimum absolute atomic E-state index is 0.217. The standard InChI is InChI=1S/C23H45N5O2/c1-19(2)10-9-13-26-23(24-5)25-12-8-6-7-11-21(29)27-14-16-28(17-15-27)22(30)18-20(3)4/h19-20H,6-18H2,1-5H3,(H2,24,25,26). The molecule has 0 unspecified atom stereocenters. The number of nitrogens with zero attached hydrogens (tertiary/aromatic N) is 3. The highest BCUT2D eigenvalue weighted by Gasteiger charge is 2.23. The van der Waals surface area contributed by atoms with Gasteiger partial charge in [-0.3, -0.25) is 14.6 Å². The van der Waals surface area contributed by atoms with Crippen LogP contribution in [-0.4, -0.2) is 73.9 Å². The van der Waals surface area contributed by atoms with Gasteiger partial charge in [0.05, 0.1) is 0 Å². The first-order valence-corrected chi connectivity index (χ1v) is 11.8. The van der Waals surface area contributed by atoms with E-state index in [1.54, 1.807) is 7.05 Å². The first-order chi connectivity index (χ1) is 14.3. The number of guanidine groups is 1. The minimum atomic E-state index is 0.217. The third-order valence-electron chi connectivity index (χ3n) is 5.40. The van der Waals surface area contributed by atoms with E-state index in [0.29, 0.717) is 44.9 Å². The van der Waals surface area contributed by atoms with E-state index in [1.165, 1.54) is 6.42 Å². The van der Waals surface area contributed by atoms with Crippen molar-refractivity contribution in [3.05, 3.63) is 0 Å². The van der Waals surface area contributed by atoms with Crippen molar-refractivity contribution in [2.45, 2.75) is 72.6 Å². The Balaban J connectivity index is 2.09. The fourth-order valence-electron chi connectivity index (χ4n) is 3.56. The zero-order chi connectivity index (χ0) is 22.4. The van der Waals surface area contributed by atoms with Crippen molar-refractivity contribution in [2.75, 3.05) is 46.3 Å². The van der Waals surface area contributed by atoms with E-state index in [0.717, 1.165) is 50.7 Å². The van der Waals surface area contributed by atoms with Gasteiger partial charge in [-0.25, -0.2) is 0 Å². The fraction of sp³-hybridized carbons (Fsp3) is 0.870. The average Bonchev–Trinajstić information content (AvgIpc) is 2.71. The zero-order valence-electron chi connectivity index (χ0n) is 20.0. The summed E-state index contributed by atoms with van der Waals surface area (Å²) in [5, 5.41) is 6.69. The largest absolute Gasteiger partial charge is 0.356 e. The topological polar surface area (TPSA) is 77.0 Å². The molecule has 1 heterocycles. The maximum absolute atomic E-state index is 12.4. The lowest BCUT2D eigenvalue weighted by molar-refractivity contribution is -0.140. The number of hydrogen-bond donors (Lipinski definition) is 2. The summed E-state index contributed by atoms with van der Waals surface area (Å²) in [7, 11) is 1.80. The van der Waals surface area contributed by atoms with Crippen LogP contribution in [0.5, 0.6) is 0 Å². The van der Waals surface area contributed by atoms with Crippen LogP contribution in [0.3, 0.4) is 0 Å². The fourth-order valence-corrected chi connectivity index (χ4v) is 3.56. The van der Waals surface area contributed by atoms with E-state index >= 15 is 0 Å². The molecule has 7 nitrogen and oxygen atoms in total. The second-order valence-corrected chi connectivity index (χ2v) is 9.13. The molecule has 0 aromatic carbocycles. The van der Waals surface area contributed by atoms with Crippen LogP contribution in [0.2, 0.25) is 0 Å². The van der Waals surface area contributed by atoms with Gasteiger partial charge in [0.1, 0.15) is 0 Å². The molecule has 30 heavy (non-hydrogen) atoms. The number of carbonyl (C=O) groups is 2. The van der Waals surface area contributed by atoms with Crippen molar-refractivity contribution in [1.82, 2.24) is 20.4 Å². The normalized spacial score (nSPS) is 15.1. The molecular formula is C23H45N5O2. The van der Waals surface area contributed by atoms with Crippen molar-refractivity contribution < 1.29 is 9.59 Å². The van der Waals surface area contributed by atoms with Crippen LogP contribution in [0.25, 0.3) is 0 Å². The van der Waals surface area contributed by atoms with Crippen molar-refractivity contribution in [3.63, 3.8) is 0 Å². The molecule has 1 rings (SSSR count). The van der Waals surface area contributed by atoms with Crippen molar-refractivity contribution >= 4 is 17.8 Å². The third-order valence-corrected chi connectivity index (χ3v) is 5.40. The summed E-state index contributed by atoms with van der Waals surface area (Å²) in [4.78, 5) is 32.6. The van der Waals surface area contributed by atoms with Crippen molar-refractivity contribution in [2.24, 2.45) is 16.8 Å². The highest BCUT2D eigenvalue weighted by molar-refractivity contribution is 5.79. The van der Waals surface area contributed by atoms with Gasteiger partial charge < -0.3 is 20.4 Å². The van der Waals surface area contributed by atoms with E-state index in [9.17, 15) is 9.59 Å². The van der Waals surface area contributed by atoms with E-state index in [4.69, 9.17) is 0 Å². The number of nitrogens with one attached hydrogen (secondary N) is 2. The first-order valence-electron chi connectivity index (χ1n) is 11.8. The Kier molecular flexibility index (Phi) is 13.2. The van der Waals surface area contributed by atoms with Crippen LogP contribution < -0.4 is 10.6 Å². The molecule has 174 valence electrons. The number of unbranched alkanes of at least 4 members (excludes halogenated alkanes) is 2. The number of carbonyl (C=O) groups excluding carboxylic acids is 2. The molecule has 1 aliphatic rings. The minimum Gasteiger partial charge on any atom is -0.356 e. The van der Waals surface area contributed by atoms with Gasteiger partial charge in [0.15, 0.2) is 5.96 Å². The molecule has 1 fully saturated rings. The predicted octanol–water partition coefficient (Wildman–Crippen LogP) is 2.86. The van der Waals surface area contributed by atoms with Crippen LogP contribution in [0.1, 0.15) is 72.6 Å². The Labute approximate surface area is 184 Å². The monoisotopic (exact) mass is 423 g/mol. The molecule has 0 atom stereocenters. The maximum Gasteiger partial charge on any atom is 0.222 e. The van der Waals surface area contributed by atoms with Gasteiger partial charge >= 0.3 is 0 Å². The third kappa shape index (κ3) is 11.4. The van der Waals surface area contributed by atoms with Crippen LogP contribution in [0.4, 0.5) is 0 Å². The molecule has 0 radical (unpaired) electrons. The van der Waals surface area contributed by atoms with Crippen LogP contribution >= 0.6 is 0 Å². The summed E-state index contributed by atoms with van der Waals surface area (Å²) in [6.45, 7) is 13.1. The molecule has 1 saturated heterocycles. The SMILES string of the molecule is CN=C(NCCCCCC(=O)N1CCN(C(=O)CC(C)C)CC1)NCCCC(C)C. The molecule has 2 amide bonds. The second kappa shape index (κ2) is 15.1. The molecule has 0 aromatic heterocycles. The van der Waals surface area contributed by atoms with Gasteiger partial charge in [-0.1, -0.05) is 34.1 Å². The molecule has 2 N–H and O–H groups in total. The lowest BCUT2D eigenvalue weighted by atomic mass is 10.1. The van der Waals surface area contributed by atoms with E-state index in [-0.39, 0.29) is 11.8 Å². The van der Waals surface area contributed by atoms with Gasteiger partial charge in [-0.05, 0) is 37.5 Å². The summed E-state index contributed by atoms with van der Waals surface area (Å²) >= 11 is 0. The van der Waals surface area contributed by atoms with Gasteiger partial charge in [0.2, 0.25) is 11.8 Å². The first kappa shape index (κ1) is 26.2. The number of rotatable bonds is 12. The Bertz CT molecular complexity index is 526. The smallest absolute Gasteiger partial charge is 0.222 e. The van der Waals surface area contributed by atoms with E-state index in [1.807, 2.05) is 9.80 Å². The lowest BCUT2D eigenvalue weighted by Gasteiger charge is -2.35. The average molecular weight is 424 g/mol. The summed E-state index contributed by atoms with van der Waals surface area (Å²) in [6, 6.07) is 0. The van der Waals surface area contributed by atoms with E-state index in [2.05, 4.69) is 43.3 Å². The molecular weight excluding hydrogens is 378 g/mol. The van der Waals surface area contributed by atoms with Gasteiger partial charge in [-0.15, -0.1) is 0 Å². The maximum atomic E-state index is 12.4. The summed E-state index contributed by atoms with van der Waals surface area (Å²) < 4.78 is 0. The highest BCUT2D eigenvalue weighted by atomic mass is 16.2. The molecule has 0 spiro atoms. The Morgan fingerprint density at radius 3 is 1.90 bits per heavy atom. The Hall–Kier alpha value is -1.79. The summed E-state index contributed by atoms with van der Waals surface area (Å²) in [5.41, 5.74) is 0.